The summed E-state index contributed by atoms with van der Waals surface area (Å²) in [6.07, 6.45) is 2.76. The molecule has 2 aromatic heterocycles. The molecule has 0 spiro atoms. The van der Waals surface area contributed by atoms with E-state index in [9.17, 15) is 9.59 Å². The van der Waals surface area contributed by atoms with Crippen LogP contribution in [0.2, 0.25) is 0 Å². The maximum absolute atomic E-state index is 12.9. The average molecular weight is 517 g/mol. The third-order valence-corrected chi connectivity index (χ3v) is 8.00. The van der Waals surface area contributed by atoms with Crippen molar-refractivity contribution in [1.29, 1.82) is 0 Å². The summed E-state index contributed by atoms with van der Waals surface area (Å²) in [7, 11) is 0. The lowest BCUT2D eigenvalue weighted by molar-refractivity contribution is 0.0383. The highest BCUT2D eigenvalue weighted by molar-refractivity contribution is 7.21. The molecule has 4 aromatic rings. The maximum Gasteiger partial charge on any atom is 0.264 e. The Morgan fingerprint density at radius 3 is 2.73 bits per heavy atom. The van der Waals surface area contributed by atoms with Crippen molar-refractivity contribution in [3.8, 4) is 11.5 Å². The number of pyridine rings is 1. The summed E-state index contributed by atoms with van der Waals surface area (Å²) >= 11 is 1.41. The summed E-state index contributed by atoms with van der Waals surface area (Å²) in [5.41, 5.74) is 1.40. The molecule has 4 heterocycles. The number of thiophene rings is 1. The predicted molar refractivity (Wildman–Crippen MR) is 144 cm³/mol. The molecule has 2 fully saturated rings. The number of hydrogen-bond donors (Lipinski definition) is 1. The minimum Gasteiger partial charge on any atom is -0.456 e. The van der Waals surface area contributed by atoms with E-state index in [0.29, 0.717) is 28.5 Å². The Hall–Kier alpha value is -3.53. The molecule has 9 heteroatoms. The summed E-state index contributed by atoms with van der Waals surface area (Å²) in [5, 5.41) is 4.84. The SMILES string of the molecule is O=C(NCCN1CCOCC1)c1cccc2cc(Oc3ccnc4cc(C(=O)N5CCC5)sc34)ccc12. The summed E-state index contributed by atoms with van der Waals surface area (Å²) in [5.74, 6) is 1.30. The monoisotopic (exact) mass is 516 g/mol. The van der Waals surface area contributed by atoms with Crippen LogP contribution in [-0.4, -0.2) is 79.1 Å². The molecule has 2 aromatic carbocycles. The van der Waals surface area contributed by atoms with Crippen molar-refractivity contribution in [2.45, 2.75) is 6.42 Å². The van der Waals surface area contributed by atoms with Crippen molar-refractivity contribution >= 4 is 44.1 Å². The number of nitrogens with one attached hydrogen (secondary N) is 1. The molecular formula is C28H28N4O4S. The van der Waals surface area contributed by atoms with Crippen LogP contribution in [0.15, 0.2) is 54.7 Å². The minimum absolute atomic E-state index is 0.0571. The van der Waals surface area contributed by atoms with Crippen LogP contribution in [-0.2, 0) is 4.74 Å². The van der Waals surface area contributed by atoms with Gasteiger partial charge in [-0.05, 0) is 47.5 Å². The first-order valence-corrected chi connectivity index (χ1v) is 13.4. The van der Waals surface area contributed by atoms with Crippen molar-refractivity contribution in [3.05, 3.63) is 65.2 Å². The molecule has 0 bridgehead atoms. The standard InChI is InChI=1S/C28H28N4O4S/c33-27(30-9-12-31-13-15-35-16-14-31)22-4-1-3-19-17-20(5-6-21(19)22)36-24-7-8-29-23-18-25(37-26(23)24)28(34)32-10-2-11-32/h1,3-8,17-18H,2,9-16H2,(H,30,33). The van der Waals surface area contributed by atoms with Crippen LogP contribution in [0.5, 0.6) is 11.5 Å². The zero-order valence-corrected chi connectivity index (χ0v) is 21.3. The molecule has 6 rings (SSSR count). The number of carbonyl (C=O) groups is 2. The molecule has 2 aliphatic rings. The lowest BCUT2D eigenvalue weighted by Gasteiger charge is -2.30. The molecule has 1 N–H and O–H groups in total. The Morgan fingerprint density at radius 2 is 1.92 bits per heavy atom. The third kappa shape index (κ3) is 5.02. The zero-order chi connectivity index (χ0) is 25.2. The number of likely N-dealkylation sites (tertiary alicyclic amines) is 1. The van der Waals surface area contributed by atoms with E-state index in [1.165, 1.54) is 11.3 Å². The number of aromatic nitrogens is 1. The highest BCUT2D eigenvalue weighted by Gasteiger charge is 2.24. The maximum atomic E-state index is 12.9. The number of nitrogens with zero attached hydrogens (tertiary/aromatic N) is 3. The van der Waals surface area contributed by atoms with Gasteiger partial charge in [0.05, 0.1) is 28.3 Å². The van der Waals surface area contributed by atoms with Crippen molar-refractivity contribution in [2.75, 3.05) is 52.5 Å². The average Bonchev–Trinajstić information content (AvgIpc) is 3.33. The van der Waals surface area contributed by atoms with E-state index in [1.807, 2.05) is 53.4 Å². The topological polar surface area (TPSA) is 84.0 Å². The van der Waals surface area contributed by atoms with E-state index >= 15 is 0 Å². The number of rotatable bonds is 7. The Morgan fingerprint density at radius 1 is 1.05 bits per heavy atom. The molecule has 0 aliphatic carbocycles. The van der Waals surface area contributed by atoms with Gasteiger partial charge in [-0.3, -0.25) is 19.5 Å². The van der Waals surface area contributed by atoms with Crippen LogP contribution in [0.25, 0.3) is 21.0 Å². The number of morpholine rings is 1. The Bertz CT molecular complexity index is 1460. The van der Waals surface area contributed by atoms with E-state index in [2.05, 4.69) is 15.2 Å². The van der Waals surface area contributed by atoms with Crippen LogP contribution < -0.4 is 10.1 Å². The number of carbonyl (C=O) groups excluding carboxylic acids is 2. The van der Waals surface area contributed by atoms with E-state index in [1.54, 1.807) is 6.20 Å². The number of amides is 2. The first kappa shape index (κ1) is 23.8. The molecule has 0 saturated carbocycles. The largest absolute Gasteiger partial charge is 0.456 e. The van der Waals surface area contributed by atoms with Gasteiger partial charge >= 0.3 is 0 Å². The first-order chi connectivity index (χ1) is 18.2. The van der Waals surface area contributed by atoms with Gasteiger partial charge < -0.3 is 19.7 Å². The molecular weight excluding hydrogens is 488 g/mol. The van der Waals surface area contributed by atoms with Crippen LogP contribution in [0.3, 0.4) is 0 Å². The minimum atomic E-state index is -0.0821. The molecule has 190 valence electrons. The molecule has 2 amide bonds. The van der Waals surface area contributed by atoms with Gasteiger partial charge in [0.15, 0.2) is 0 Å². The van der Waals surface area contributed by atoms with Crippen LogP contribution >= 0.6 is 11.3 Å². The molecule has 2 aliphatic heterocycles. The molecule has 0 radical (unpaired) electrons. The quantitative estimate of drug-likeness (QED) is 0.397. The second kappa shape index (κ2) is 10.5. The molecule has 0 atom stereocenters. The second-order valence-electron chi connectivity index (χ2n) is 9.28. The van der Waals surface area contributed by atoms with Gasteiger partial charge in [0.25, 0.3) is 11.8 Å². The lowest BCUT2D eigenvalue weighted by atomic mass is 10.0. The fraction of sp³-hybridized carbons (Fsp3) is 0.321. The fourth-order valence-electron chi connectivity index (χ4n) is 4.67. The zero-order valence-electron chi connectivity index (χ0n) is 20.4. The van der Waals surface area contributed by atoms with Crippen molar-refractivity contribution in [2.24, 2.45) is 0 Å². The molecule has 37 heavy (non-hydrogen) atoms. The molecule has 0 unspecified atom stereocenters. The number of benzene rings is 2. The molecule has 2 saturated heterocycles. The summed E-state index contributed by atoms with van der Waals surface area (Å²) < 4.78 is 12.5. The summed E-state index contributed by atoms with van der Waals surface area (Å²) in [6.45, 7) is 6.33. The normalized spacial score (nSPS) is 16.1. The first-order valence-electron chi connectivity index (χ1n) is 12.6. The number of ether oxygens (including phenoxy) is 2. The fourth-order valence-corrected chi connectivity index (χ4v) is 5.71. The summed E-state index contributed by atoms with van der Waals surface area (Å²) in [6, 6.07) is 15.1. The van der Waals surface area contributed by atoms with Gasteiger partial charge in [-0.15, -0.1) is 11.3 Å². The van der Waals surface area contributed by atoms with Gasteiger partial charge in [-0.25, -0.2) is 0 Å². The summed E-state index contributed by atoms with van der Waals surface area (Å²) in [4.78, 5) is 34.9. The van der Waals surface area contributed by atoms with Crippen LogP contribution in [0.4, 0.5) is 0 Å². The van der Waals surface area contributed by atoms with Crippen molar-refractivity contribution in [3.63, 3.8) is 0 Å². The Balaban J connectivity index is 1.18. The van der Waals surface area contributed by atoms with E-state index < -0.39 is 0 Å². The highest BCUT2D eigenvalue weighted by atomic mass is 32.1. The van der Waals surface area contributed by atoms with Gasteiger partial charge in [0.1, 0.15) is 11.5 Å². The third-order valence-electron chi connectivity index (χ3n) is 6.87. The highest BCUT2D eigenvalue weighted by Crippen LogP contribution is 2.36. The smallest absolute Gasteiger partial charge is 0.264 e. The van der Waals surface area contributed by atoms with Gasteiger partial charge in [-0.2, -0.15) is 0 Å². The van der Waals surface area contributed by atoms with Gasteiger partial charge in [0.2, 0.25) is 0 Å². The second-order valence-corrected chi connectivity index (χ2v) is 10.3. The van der Waals surface area contributed by atoms with E-state index in [0.717, 1.165) is 73.3 Å². The van der Waals surface area contributed by atoms with Crippen molar-refractivity contribution < 1.29 is 19.1 Å². The number of hydrogen-bond acceptors (Lipinski definition) is 7. The Labute approximate surface area is 218 Å². The van der Waals surface area contributed by atoms with Gasteiger partial charge in [-0.1, -0.05) is 12.1 Å². The number of fused-ring (bicyclic) bond motifs is 2. The predicted octanol–water partition coefficient (Wildman–Crippen LogP) is 4.15. The lowest BCUT2D eigenvalue weighted by Crippen LogP contribution is -2.41. The van der Waals surface area contributed by atoms with E-state index in [-0.39, 0.29) is 11.8 Å². The van der Waals surface area contributed by atoms with Gasteiger partial charge in [0, 0.05) is 57.1 Å². The Kier molecular flexibility index (Phi) is 6.73. The van der Waals surface area contributed by atoms with Crippen LogP contribution in [0.1, 0.15) is 26.5 Å². The van der Waals surface area contributed by atoms with Crippen LogP contribution in [0, 0.1) is 0 Å². The van der Waals surface area contributed by atoms with Crippen molar-refractivity contribution in [1.82, 2.24) is 20.1 Å². The molecule has 8 nitrogen and oxygen atoms in total. The van der Waals surface area contributed by atoms with E-state index in [4.69, 9.17) is 9.47 Å².